The van der Waals surface area contributed by atoms with Gasteiger partial charge in [-0.3, -0.25) is 4.79 Å². The highest BCUT2D eigenvalue weighted by atomic mass is 79.9. The van der Waals surface area contributed by atoms with Gasteiger partial charge in [-0.1, -0.05) is 6.92 Å². The van der Waals surface area contributed by atoms with Crippen molar-refractivity contribution in [3.05, 3.63) is 34.2 Å². The number of nitrogens with one attached hydrogen (secondary N) is 1. The Labute approximate surface area is 94.6 Å². The maximum absolute atomic E-state index is 13.0. The van der Waals surface area contributed by atoms with Gasteiger partial charge in [0.1, 0.15) is 5.82 Å². The van der Waals surface area contributed by atoms with Gasteiger partial charge >= 0.3 is 0 Å². The van der Waals surface area contributed by atoms with Crippen LogP contribution in [0.2, 0.25) is 0 Å². The fourth-order valence-electron chi connectivity index (χ4n) is 1.50. The fraction of sp³-hybridized carbons (Fsp3) is 0.182. The molecule has 0 radical (unpaired) electrons. The van der Waals surface area contributed by atoms with Crippen molar-refractivity contribution in [3.63, 3.8) is 0 Å². The maximum Gasteiger partial charge on any atom is 0.179 e. The van der Waals surface area contributed by atoms with Gasteiger partial charge in [0, 0.05) is 17.3 Å². The van der Waals surface area contributed by atoms with E-state index < -0.39 is 0 Å². The highest BCUT2D eigenvalue weighted by molar-refractivity contribution is 9.10. The topological polar surface area (TPSA) is 32.9 Å². The number of benzene rings is 1. The molecule has 2 nitrogen and oxygen atoms in total. The van der Waals surface area contributed by atoms with E-state index in [1.165, 1.54) is 12.1 Å². The molecule has 0 amide bonds. The number of halogens is 2. The molecule has 1 heterocycles. The Bertz CT molecular complexity index is 533. The van der Waals surface area contributed by atoms with Crippen molar-refractivity contribution in [1.82, 2.24) is 4.98 Å². The Balaban J connectivity index is 2.69. The first-order valence-electron chi connectivity index (χ1n) is 4.63. The molecule has 0 spiro atoms. The lowest BCUT2D eigenvalue weighted by Gasteiger charge is -1.93. The number of Topliss-reactive ketones (excluding diaryl/α,β-unsaturated/α-hetero) is 1. The van der Waals surface area contributed by atoms with Gasteiger partial charge in [0.2, 0.25) is 0 Å². The number of ketones is 1. The largest absolute Gasteiger partial charge is 0.351 e. The molecule has 2 aromatic rings. The number of hydrogen-bond acceptors (Lipinski definition) is 1. The zero-order chi connectivity index (χ0) is 11.0. The van der Waals surface area contributed by atoms with Crippen LogP contribution in [-0.4, -0.2) is 10.8 Å². The van der Waals surface area contributed by atoms with Gasteiger partial charge in [0.05, 0.1) is 10.2 Å². The molecule has 1 aromatic heterocycles. The first-order chi connectivity index (χ1) is 7.13. The van der Waals surface area contributed by atoms with Crippen molar-refractivity contribution in [2.45, 2.75) is 13.3 Å². The van der Waals surface area contributed by atoms with Crippen molar-refractivity contribution in [2.75, 3.05) is 0 Å². The van der Waals surface area contributed by atoms with E-state index in [4.69, 9.17) is 0 Å². The van der Waals surface area contributed by atoms with Crippen LogP contribution in [0.15, 0.2) is 22.7 Å². The van der Waals surface area contributed by atoms with Gasteiger partial charge in [-0.15, -0.1) is 0 Å². The molecule has 78 valence electrons. The Hall–Kier alpha value is -1.16. The summed E-state index contributed by atoms with van der Waals surface area (Å²) in [5.41, 5.74) is 1.28. The van der Waals surface area contributed by atoms with Crippen LogP contribution < -0.4 is 0 Å². The Morgan fingerprint density at radius 3 is 2.93 bits per heavy atom. The molecule has 2 rings (SSSR count). The van der Waals surface area contributed by atoms with Crippen molar-refractivity contribution in [1.29, 1.82) is 0 Å². The third-order valence-electron chi connectivity index (χ3n) is 2.30. The Kier molecular flexibility index (Phi) is 2.61. The molecule has 4 heteroatoms. The van der Waals surface area contributed by atoms with E-state index in [1.807, 2.05) is 0 Å². The fourth-order valence-corrected chi connectivity index (χ4v) is 2.15. The third kappa shape index (κ3) is 1.69. The molecule has 0 aliphatic heterocycles. The average molecular weight is 270 g/mol. The minimum Gasteiger partial charge on any atom is -0.351 e. The molecule has 15 heavy (non-hydrogen) atoms. The molecular formula is C11H9BrFNO. The van der Waals surface area contributed by atoms with Gasteiger partial charge < -0.3 is 4.98 Å². The van der Waals surface area contributed by atoms with Crippen molar-refractivity contribution in [3.8, 4) is 0 Å². The average Bonchev–Trinajstić information content (AvgIpc) is 2.55. The van der Waals surface area contributed by atoms with Gasteiger partial charge in [-0.25, -0.2) is 4.39 Å². The molecule has 0 aliphatic carbocycles. The van der Waals surface area contributed by atoms with Crippen LogP contribution in [0.1, 0.15) is 23.8 Å². The molecule has 1 N–H and O–H groups in total. The highest BCUT2D eigenvalue weighted by Crippen LogP contribution is 2.29. The van der Waals surface area contributed by atoms with Crippen LogP contribution in [0.5, 0.6) is 0 Å². The van der Waals surface area contributed by atoms with Gasteiger partial charge in [0.15, 0.2) is 5.78 Å². The quantitative estimate of drug-likeness (QED) is 0.830. The van der Waals surface area contributed by atoms with Crippen LogP contribution in [-0.2, 0) is 0 Å². The van der Waals surface area contributed by atoms with E-state index in [0.717, 1.165) is 5.52 Å². The van der Waals surface area contributed by atoms with Crippen LogP contribution >= 0.6 is 15.9 Å². The second-order valence-electron chi connectivity index (χ2n) is 3.28. The smallest absolute Gasteiger partial charge is 0.179 e. The molecule has 1 aromatic carbocycles. The van der Waals surface area contributed by atoms with Crippen molar-refractivity contribution in [2.24, 2.45) is 0 Å². The normalized spacial score (nSPS) is 10.9. The number of rotatable bonds is 2. The van der Waals surface area contributed by atoms with E-state index in [9.17, 15) is 9.18 Å². The van der Waals surface area contributed by atoms with E-state index in [2.05, 4.69) is 20.9 Å². The zero-order valence-electron chi connectivity index (χ0n) is 8.10. The Morgan fingerprint density at radius 2 is 2.27 bits per heavy atom. The Morgan fingerprint density at radius 1 is 1.53 bits per heavy atom. The van der Waals surface area contributed by atoms with Crippen LogP contribution in [0.3, 0.4) is 0 Å². The predicted molar refractivity (Wildman–Crippen MR) is 60.6 cm³/mol. The molecular weight excluding hydrogens is 261 g/mol. The third-order valence-corrected chi connectivity index (χ3v) is 3.12. The lowest BCUT2D eigenvalue weighted by Crippen LogP contribution is -1.96. The van der Waals surface area contributed by atoms with Crippen LogP contribution in [0, 0.1) is 5.82 Å². The second-order valence-corrected chi connectivity index (χ2v) is 4.07. The second kappa shape index (κ2) is 3.77. The molecule has 0 bridgehead atoms. The summed E-state index contributed by atoms with van der Waals surface area (Å²) in [6.07, 6.45) is 0.425. The summed E-state index contributed by atoms with van der Waals surface area (Å²) < 4.78 is 13.6. The maximum atomic E-state index is 13.0. The van der Waals surface area contributed by atoms with Gasteiger partial charge in [0.25, 0.3) is 0 Å². The summed E-state index contributed by atoms with van der Waals surface area (Å²) in [5.74, 6) is -0.295. The highest BCUT2D eigenvalue weighted by Gasteiger charge is 2.14. The number of carbonyl (C=O) groups excluding carboxylic acids is 1. The molecule has 0 atom stereocenters. The summed E-state index contributed by atoms with van der Waals surface area (Å²) in [7, 11) is 0. The first-order valence-corrected chi connectivity index (χ1v) is 5.42. The van der Waals surface area contributed by atoms with E-state index in [0.29, 0.717) is 22.0 Å². The van der Waals surface area contributed by atoms with Gasteiger partial charge in [-0.2, -0.15) is 0 Å². The lowest BCUT2D eigenvalue weighted by atomic mass is 10.2. The molecule has 0 fully saturated rings. The summed E-state index contributed by atoms with van der Waals surface area (Å²) in [4.78, 5) is 14.5. The number of H-pyrrole nitrogens is 1. The number of carbonyl (C=O) groups is 1. The molecule has 0 aliphatic rings. The monoisotopic (exact) mass is 269 g/mol. The first kappa shape index (κ1) is 10.4. The minimum atomic E-state index is -0.308. The number of aromatic amines is 1. The summed E-state index contributed by atoms with van der Waals surface area (Å²) in [6.45, 7) is 1.79. The summed E-state index contributed by atoms with van der Waals surface area (Å²) in [5, 5.41) is 0.701. The van der Waals surface area contributed by atoms with Crippen LogP contribution in [0.4, 0.5) is 4.39 Å². The minimum absolute atomic E-state index is 0.0125. The lowest BCUT2D eigenvalue weighted by molar-refractivity contribution is 0.0983. The molecule has 0 saturated heterocycles. The van der Waals surface area contributed by atoms with E-state index >= 15 is 0 Å². The summed E-state index contributed by atoms with van der Waals surface area (Å²) in [6, 6.07) is 4.40. The summed E-state index contributed by atoms with van der Waals surface area (Å²) >= 11 is 3.31. The molecule has 0 unspecified atom stereocenters. The van der Waals surface area contributed by atoms with Crippen molar-refractivity contribution < 1.29 is 9.18 Å². The van der Waals surface area contributed by atoms with Crippen molar-refractivity contribution >= 4 is 32.6 Å². The number of hydrogen-bond donors (Lipinski definition) is 1. The van der Waals surface area contributed by atoms with E-state index in [-0.39, 0.29) is 11.6 Å². The SMILES string of the molecule is CCC(=O)c1[nH]c2ccc(F)cc2c1Br. The number of aromatic nitrogens is 1. The van der Waals surface area contributed by atoms with Gasteiger partial charge in [-0.05, 0) is 34.1 Å². The standard InChI is InChI=1S/C11H9BrFNO/c1-2-9(15)11-10(12)7-5-6(13)3-4-8(7)14-11/h3-5,14H,2H2,1H3. The van der Waals surface area contributed by atoms with E-state index in [1.54, 1.807) is 13.0 Å². The molecule has 0 saturated carbocycles. The van der Waals surface area contributed by atoms with Crippen LogP contribution in [0.25, 0.3) is 10.9 Å². The number of fused-ring (bicyclic) bond motifs is 1. The predicted octanol–water partition coefficient (Wildman–Crippen LogP) is 3.66. The zero-order valence-corrected chi connectivity index (χ0v) is 9.69.